The van der Waals surface area contributed by atoms with E-state index < -0.39 is 4.92 Å². The molecule has 0 N–H and O–H groups in total. The largest absolute Gasteiger partial charge is 0.347 e. The minimum absolute atomic E-state index is 0.0126. The zero-order valence-corrected chi connectivity index (χ0v) is 13.1. The lowest BCUT2D eigenvalue weighted by Crippen LogP contribution is -1.89. The molecule has 0 saturated carbocycles. The average molecular weight is 317 g/mol. The van der Waals surface area contributed by atoms with E-state index in [1.54, 1.807) is 12.1 Å². The second-order valence-corrected chi connectivity index (χ2v) is 5.36. The highest BCUT2D eigenvalue weighted by atomic mass is 16.6. The van der Waals surface area contributed by atoms with Gasteiger partial charge in [-0.3, -0.25) is 10.1 Å². The molecule has 1 heterocycles. The van der Waals surface area contributed by atoms with Crippen molar-refractivity contribution in [1.29, 1.82) is 5.26 Å². The fraction of sp³-hybridized carbons (Fsp3) is 0.105. The predicted octanol–water partition coefficient (Wildman–Crippen LogP) is 4.63. The molecule has 0 unspecified atom stereocenters. The van der Waals surface area contributed by atoms with Crippen molar-refractivity contribution in [2.45, 2.75) is 13.5 Å². The first-order valence-corrected chi connectivity index (χ1v) is 7.58. The van der Waals surface area contributed by atoms with Gasteiger partial charge in [-0.05, 0) is 36.8 Å². The number of aryl methyl sites for hydroxylation is 1. The number of fused-ring (bicyclic) bond motifs is 1. The Morgan fingerprint density at radius 1 is 1.25 bits per heavy atom. The molecular weight excluding hydrogens is 302 g/mol. The van der Waals surface area contributed by atoms with E-state index in [0.29, 0.717) is 11.1 Å². The third kappa shape index (κ3) is 2.77. The second-order valence-electron chi connectivity index (χ2n) is 5.36. The highest BCUT2D eigenvalue weighted by Crippen LogP contribution is 2.26. The van der Waals surface area contributed by atoms with E-state index in [0.717, 1.165) is 23.0 Å². The van der Waals surface area contributed by atoms with Crippen molar-refractivity contribution < 1.29 is 4.92 Å². The number of nitro benzene ring substituents is 1. The summed E-state index contributed by atoms with van der Waals surface area (Å²) < 4.78 is 2.13. The quantitative estimate of drug-likeness (QED) is 0.400. The number of hydrogen-bond donors (Lipinski definition) is 0. The van der Waals surface area contributed by atoms with Crippen LogP contribution >= 0.6 is 0 Å². The molecule has 0 spiro atoms. The van der Waals surface area contributed by atoms with E-state index in [4.69, 9.17) is 0 Å². The molecule has 0 saturated heterocycles. The van der Waals surface area contributed by atoms with Gasteiger partial charge in [0.1, 0.15) is 0 Å². The van der Waals surface area contributed by atoms with Gasteiger partial charge in [0.2, 0.25) is 0 Å². The number of para-hydroxylation sites is 1. The Labute approximate surface area is 139 Å². The van der Waals surface area contributed by atoms with Gasteiger partial charge in [-0.2, -0.15) is 5.26 Å². The minimum Gasteiger partial charge on any atom is -0.347 e. The van der Waals surface area contributed by atoms with Crippen LogP contribution in [0.1, 0.15) is 18.1 Å². The van der Waals surface area contributed by atoms with Gasteiger partial charge >= 0.3 is 0 Å². The summed E-state index contributed by atoms with van der Waals surface area (Å²) in [6, 6.07) is 16.3. The Hall–Kier alpha value is -3.39. The Kier molecular flexibility index (Phi) is 4.13. The Balaban J connectivity index is 2.08. The van der Waals surface area contributed by atoms with Crippen LogP contribution in [0.25, 0.3) is 22.6 Å². The lowest BCUT2D eigenvalue weighted by molar-refractivity contribution is -0.384. The molecule has 0 bridgehead atoms. The number of nitriles is 1. The monoisotopic (exact) mass is 317 g/mol. The van der Waals surface area contributed by atoms with Crippen molar-refractivity contribution in [1.82, 2.24) is 4.57 Å². The molecular formula is C19H15N3O2. The number of nitrogens with zero attached hydrogens (tertiary/aromatic N) is 3. The summed E-state index contributed by atoms with van der Waals surface area (Å²) in [6.07, 6.45) is 3.85. The normalized spacial score (nSPS) is 11.4. The van der Waals surface area contributed by atoms with Crippen LogP contribution in [-0.2, 0) is 6.54 Å². The van der Waals surface area contributed by atoms with E-state index in [1.165, 1.54) is 12.1 Å². The Morgan fingerprint density at radius 2 is 1.96 bits per heavy atom. The van der Waals surface area contributed by atoms with Crippen LogP contribution < -0.4 is 0 Å². The summed E-state index contributed by atoms with van der Waals surface area (Å²) in [7, 11) is 0. The van der Waals surface area contributed by atoms with Crippen LogP contribution in [0, 0.1) is 21.4 Å². The SMILES string of the molecule is CCn1cc(C=C(C#N)c2ccc([N+](=O)[O-])cc2)c2ccccc21. The minimum atomic E-state index is -0.450. The molecule has 0 amide bonds. The van der Waals surface area contributed by atoms with Gasteiger partial charge in [0.25, 0.3) is 5.69 Å². The third-order valence-electron chi connectivity index (χ3n) is 3.97. The van der Waals surface area contributed by atoms with Crippen molar-refractivity contribution in [2.75, 3.05) is 0 Å². The molecule has 118 valence electrons. The number of rotatable bonds is 4. The highest BCUT2D eigenvalue weighted by molar-refractivity contribution is 5.98. The predicted molar refractivity (Wildman–Crippen MR) is 94.2 cm³/mol. The van der Waals surface area contributed by atoms with Crippen molar-refractivity contribution in [2.24, 2.45) is 0 Å². The first kappa shape index (κ1) is 15.5. The summed E-state index contributed by atoms with van der Waals surface area (Å²) >= 11 is 0. The molecule has 0 aliphatic heterocycles. The number of non-ortho nitro benzene ring substituents is 1. The van der Waals surface area contributed by atoms with E-state index in [-0.39, 0.29) is 5.69 Å². The smallest absolute Gasteiger partial charge is 0.269 e. The molecule has 0 radical (unpaired) electrons. The molecule has 0 fully saturated rings. The first-order chi connectivity index (χ1) is 11.6. The van der Waals surface area contributed by atoms with E-state index in [9.17, 15) is 15.4 Å². The van der Waals surface area contributed by atoms with Gasteiger partial charge in [-0.15, -0.1) is 0 Å². The van der Waals surface area contributed by atoms with Gasteiger partial charge < -0.3 is 4.57 Å². The fourth-order valence-electron chi connectivity index (χ4n) is 2.75. The van der Waals surface area contributed by atoms with Crippen LogP contribution in [0.15, 0.2) is 54.7 Å². The molecule has 0 atom stereocenters. The van der Waals surface area contributed by atoms with Crippen molar-refractivity contribution >= 4 is 28.2 Å². The summed E-state index contributed by atoms with van der Waals surface area (Å²) in [5.74, 6) is 0. The molecule has 1 aromatic heterocycles. The zero-order valence-electron chi connectivity index (χ0n) is 13.1. The lowest BCUT2D eigenvalue weighted by Gasteiger charge is -1.99. The number of benzene rings is 2. The Bertz CT molecular complexity index is 976. The zero-order chi connectivity index (χ0) is 17.1. The van der Waals surface area contributed by atoms with Gasteiger partial charge in [-0.25, -0.2) is 0 Å². The van der Waals surface area contributed by atoms with Crippen molar-refractivity contribution in [3.05, 3.63) is 76.0 Å². The molecule has 0 aliphatic carbocycles. The summed E-state index contributed by atoms with van der Waals surface area (Å²) in [5, 5.41) is 21.3. The summed E-state index contributed by atoms with van der Waals surface area (Å²) in [4.78, 5) is 10.3. The summed E-state index contributed by atoms with van der Waals surface area (Å²) in [5.41, 5.74) is 3.23. The molecule has 2 aromatic carbocycles. The number of allylic oxidation sites excluding steroid dienone is 1. The summed E-state index contributed by atoms with van der Waals surface area (Å²) in [6.45, 7) is 2.91. The number of nitro groups is 1. The van der Waals surface area contributed by atoms with E-state index in [2.05, 4.69) is 17.6 Å². The molecule has 5 heteroatoms. The standard InChI is InChI=1S/C19H15N3O2/c1-2-21-13-16(18-5-3-4-6-19(18)21)11-15(12-20)14-7-9-17(10-8-14)22(23)24/h3-11,13H,2H2,1H3. The van der Waals surface area contributed by atoms with Crippen LogP contribution in [-0.4, -0.2) is 9.49 Å². The highest BCUT2D eigenvalue weighted by Gasteiger charge is 2.09. The van der Waals surface area contributed by atoms with Gasteiger partial charge in [-0.1, -0.05) is 18.2 Å². The van der Waals surface area contributed by atoms with Crippen LogP contribution in [0.2, 0.25) is 0 Å². The maximum atomic E-state index is 10.7. The molecule has 5 nitrogen and oxygen atoms in total. The number of hydrogen-bond acceptors (Lipinski definition) is 3. The van der Waals surface area contributed by atoms with Crippen molar-refractivity contribution in [3.63, 3.8) is 0 Å². The molecule has 0 aliphatic rings. The van der Waals surface area contributed by atoms with E-state index >= 15 is 0 Å². The average Bonchev–Trinajstić information content (AvgIpc) is 2.97. The van der Waals surface area contributed by atoms with Crippen LogP contribution in [0.4, 0.5) is 5.69 Å². The molecule has 3 rings (SSSR count). The maximum Gasteiger partial charge on any atom is 0.269 e. The molecule has 3 aromatic rings. The Morgan fingerprint density at radius 3 is 2.58 bits per heavy atom. The second kappa shape index (κ2) is 6.39. The topological polar surface area (TPSA) is 71.9 Å². The van der Waals surface area contributed by atoms with Gasteiger partial charge in [0.05, 0.1) is 16.6 Å². The number of aromatic nitrogens is 1. The first-order valence-electron chi connectivity index (χ1n) is 7.58. The van der Waals surface area contributed by atoms with Gasteiger partial charge in [0.15, 0.2) is 0 Å². The third-order valence-corrected chi connectivity index (χ3v) is 3.97. The maximum absolute atomic E-state index is 10.7. The van der Waals surface area contributed by atoms with Crippen LogP contribution in [0.3, 0.4) is 0 Å². The van der Waals surface area contributed by atoms with Crippen LogP contribution in [0.5, 0.6) is 0 Å². The lowest BCUT2D eigenvalue weighted by atomic mass is 10.0. The van der Waals surface area contributed by atoms with E-state index in [1.807, 2.05) is 36.5 Å². The van der Waals surface area contributed by atoms with Crippen molar-refractivity contribution in [3.8, 4) is 6.07 Å². The fourth-order valence-corrected chi connectivity index (χ4v) is 2.75. The molecule has 24 heavy (non-hydrogen) atoms. The van der Waals surface area contributed by atoms with Gasteiger partial charge in [0, 0.05) is 41.3 Å².